The lowest BCUT2D eigenvalue weighted by atomic mass is 10.2. The van der Waals surface area contributed by atoms with E-state index in [4.69, 9.17) is 0 Å². The molecule has 1 aliphatic heterocycles. The Morgan fingerprint density at radius 3 is 3.04 bits per heavy atom. The summed E-state index contributed by atoms with van der Waals surface area (Å²) in [5.74, 6) is 1.66. The van der Waals surface area contributed by atoms with Crippen LogP contribution in [0.1, 0.15) is 26.2 Å². The third kappa shape index (κ3) is 4.00. The fraction of sp³-hybridized carbons (Fsp3) is 0.421. The number of rotatable bonds is 7. The maximum Gasteiger partial charge on any atom is 0.224 e. The topological polar surface area (TPSA) is 90.5 Å². The number of anilines is 2. The van der Waals surface area contributed by atoms with Crippen molar-refractivity contribution in [1.82, 2.24) is 25.3 Å². The van der Waals surface area contributed by atoms with Gasteiger partial charge in [0, 0.05) is 31.4 Å². The van der Waals surface area contributed by atoms with E-state index in [1.165, 1.54) is 12.1 Å². The van der Waals surface area contributed by atoms with Crippen LogP contribution in [-0.4, -0.2) is 45.6 Å². The van der Waals surface area contributed by atoms with Crippen LogP contribution >= 0.6 is 0 Å². The second-order valence-electron chi connectivity index (χ2n) is 6.82. The highest BCUT2D eigenvalue weighted by molar-refractivity contribution is 5.82. The minimum Gasteiger partial charge on any atom is -0.365 e. The van der Waals surface area contributed by atoms with Crippen molar-refractivity contribution in [3.63, 3.8) is 0 Å². The van der Waals surface area contributed by atoms with Crippen molar-refractivity contribution in [2.24, 2.45) is 0 Å². The molecule has 2 aromatic heterocycles. The van der Waals surface area contributed by atoms with Crippen LogP contribution < -0.4 is 16.0 Å². The molecule has 142 valence electrons. The highest BCUT2D eigenvalue weighted by Gasteiger charge is 2.19. The van der Waals surface area contributed by atoms with Crippen molar-refractivity contribution < 1.29 is 4.39 Å². The summed E-state index contributed by atoms with van der Waals surface area (Å²) in [6.45, 7) is 4.87. The predicted octanol–water partition coefficient (Wildman–Crippen LogP) is 3.14. The Labute approximate surface area is 157 Å². The van der Waals surface area contributed by atoms with Crippen molar-refractivity contribution in [1.29, 1.82) is 0 Å². The van der Waals surface area contributed by atoms with Gasteiger partial charge >= 0.3 is 0 Å². The molecule has 1 fully saturated rings. The molecule has 3 heterocycles. The molecule has 0 spiro atoms. The SMILES string of the molecule is CCCCNc1ncc(-c2nc3cc(F)ccc3[nH]2)c(NC2CCNC2)n1. The number of aromatic amines is 1. The first-order chi connectivity index (χ1) is 13.2. The molecule has 1 saturated heterocycles. The van der Waals surface area contributed by atoms with Gasteiger partial charge in [-0.3, -0.25) is 0 Å². The van der Waals surface area contributed by atoms with Crippen molar-refractivity contribution in [3.8, 4) is 11.4 Å². The number of hydrogen-bond acceptors (Lipinski definition) is 6. The third-order valence-electron chi connectivity index (χ3n) is 4.70. The normalized spacial score (nSPS) is 16.7. The van der Waals surface area contributed by atoms with Gasteiger partial charge in [-0.25, -0.2) is 14.4 Å². The quantitative estimate of drug-likeness (QED) is 0.478. The lowest BCUT2D eigenvalue weighted by molar-refractivity contribution is 0.629. The second kappa shape index (κ2) is 7.87. The molecule has 0 saturated carbocycles. The largest absolute Gasteiger partial charge is 0.365 e. The number of nitrogens with zero attached hydrogens (tertiary/aromatic N) is 3. The van der Waals surface area contributed by atoms with Gasteiger partial charge < -0.3 is 20.9 Å². The first-order valence-electron chi connectivity index (χ1n) is 9.46. The Bertz CT molecular complexity index is 918. The highest BCUT2D eigenvalue weighted by atomic mass is 19.1. The summed E-state index contributed by atoms with van der Waals surface area (Å²) in [5.41, 5.74) is 2.15. The standard InChI is InChI=1S/C19H24FN7/c1-2-3-7-22-19-23-11-14(17(27-19)24-13-6-8-21-10-13)18-25-15-5-4-12(20)9-16(15)26-18/h4-5,9,11,13,21H,2-3,6-8,10H2,1H3,(H,25,26)(H2,22,23,24,27). The third-order valence-corrected chi connectivity index (χ3v) is 4.70. The minimum absolute atomic E-state index is 0.303. The molecule has 1 unspecified atom stereocenters. The van der Waals surface area contributed by atoms with Crippen LogP contribution in [0.5, 0.6) is 0 Å². The van der Waals surface area contributed by atoms with Crippen LogP contribution in [0.4, 0.5) is 16.2 Å². The molecule has 8 heteroatoms. The van der Waals surface area contributed by atoms with E-state index < -0.39 is 0 Å². The van der Waals surface area contributed by atoms with Crippen molar-refractivity contribution in [2.75, 3.05) is 30.3 Å². The van der Waals surface area contributed by atoms with Crippen LogP contribution in [0.15, 0.2) is 24.4 Å². The van der Waals surface area contributed by atoms with E-state index in [2.05, 4.69) is 42.8 Å². The number of H-pyrrole nitrogens is 1. The molecule has 1 atom stereocenters. The molecule has 1 aliphatic rings. The van der Waals surface area contributed by atoms with Gasteiger partial charge in [0.2, 0.25) is 5.95 Å². The summed E-state index contributed by atoms with van der Waals surface area (Å²) < 4.78 is 13.5. The van der Waals surface area contributed by atoms with Gasteiger partial charge in [-0.05, 0) is 31.5 Å². The molecular formula is C19H24FN7. The molecule has 7 nitrogen and oxygen atoms in total. The van der Waals surface area contributed by atoms with Crippen LogP contribution in [0.2, 0.25) is 0 Å². The number of hydrogen-bond donors (Lipinski definition) is 4. The van der Waals surface area contributed by atoms with Gasteiger partial charge in [-0.1, -0.05) is 13.3 Å². The Morgan fingerprint density at radius 1 is 1.30 bits per heavy atom. The number of unbranched alkanes of at least 4 members (excludes halogenated alkanes) is 1. The first kappa shape index (κ1) is 17.7. The number of aromatic nitrogens is 4. The number of fused-ring (bicyclic) bond motifs is 1. The minimum atomic E-state index is -0.303. The summed E-state index contributed by atoms with van der Waals surface area (Å²) in [6, 6.07) is 4.84. The molecule has 1 aromatic carbocycles. The zero-order chi connectivity index (χ0) is 18.6. The zero-order valence-electron chi connectivity index (χ0n) is 15.3. The van der Waals surface area contributed by atoms with Gasteiger partial charge in [0.05, 0.1) is 16.6 Å². The lowest BCUT2D eigenvalue weighted by Crippen LogP contribution is -2.23. The van der Waals surface area contributed by atoms with Gasteiger partial charge in [0.15, 0.2) is 0 Å². The predicted molar refractivity (Wildman–Crippen MR) is 105 cm³/mol. The summed E-state index contributed by atoms with van der Waals surface area (Å²) in [7, 11) is 0. The first-order valence-corrected chi connectivity index (χ1v) is 9.46. The number of nitrogens with one attached hydrogen (secondary N) is 4. The van der Waals surface area contributed by atoms with Gasteiger partial charge in [-0.2, -0.15) is 4.98 Å². The summed E-state index contributed by atoms with van der Waals surface area (Å²) in [5, 5.41) is 10.1. The molecule has 0 aliphatic carbocycles. The number of imidazole rings is 1. The smallest absolute Gasteiger partial charge is 0.224 e. The van der Waals surface area contributed by atoms with E-state index in [9.17, 15) is 4.39 Å². The van der Waals surface area contributed by atoms with Crippen LogP contribution in [-0.2, 0) is 0 Å². The number of halogens is 1. The van der Waals surface area contributed by atoms with Gasteiger partial charge in [0.25, 0.3) is 0 Å². The Hall–Kier alpha value is -2.74. The lowest BCUT2D eigenvalue weighted by Gasteiger charge is -2.16. The fourth-order valence-electron chi connectivity index (χ4n) is 3.21. The molecule has 0 radical (unpaired) electrons. The van der Waals surface area contributed by atoms with E-state index in [1.807, 2.05) is 0 Å². The molecule has 3 aromatic rings. The molecule has 0 amide bonds. The second-order valence-corrected chi connectivity index (χ2v) is 6.82. The Kier molecular flexibility index (Phi) is 5.15. The van der Waals surface area contributed by atoms with Crippen LogP contribution in [0.3, 0.4) is 0 Å². The van der Waals surface area contributed by atoms with Crippen LogP contribution in [0.25, 0.3) is 22.4 Å². The van der Waals surface area contributed by atoms with Crippen molar-refractivity contribution >= 4 is 22.8 Å². The van der Waals surface area contributed by atoms with E-state index in [0.717, 1.165) is 55.8 Å². The molecule has 4 rings (SSSR count). The maximum atomic E-state index is 13.5. The summed E-state index contributed by atoms with van der Waals surface area (Å²) >= 11 is 0. The maximum absolute atomic E-state index is 13.5. The highest BCUT2D eigenvalue weighted by Crippen LogP contribution is 2.28. The summed E-state index contributed by atoms with van der Waals surface area (Å²) in [4.78, 5) is 16.9. The van der Waals surface area contributed by atoms with Crippen molar-refractivity contribution in [2.45, 2.75) is 32.2 Å². The Balaban J connectivity index is 1.67. The van der Waals surface area contributed by atoms with E-state index in [1.54, 1.807) is 12.3 Å². The monoisotopic (exact) mass is 369 g/mol. The summed E-state index contributed by atoms with van der Waals surface area (Å²) in [6.07, 6.45) is 4.97. The van der Waals surface area contributed by atoms with E-state index >= 15 is 0 Å². The molecule has 27 heavy (non-hydrogen) atoms. The molecular weight excluding hydrogens is 345 g/mol. The average molecular weight is 369 g/mol. The van der Waals surface area contributed by atoms with Gasteiger partial charge in [0.1, 0.15) is 17.5 Å². The van der Waals surface area contributed by atoms with Crippen LogP contribution in [0, 0.1) is 5.82 Å². The Morgan fingerprint density at radius 2 is 2.22 bits per heavy atom. The van der Waals surface area contributed by atoms with E-state index in [0.29, 0.717) is 23.3 Å². The van der Waals surface area contributed by atoms with Gasteiger partial charge in [-0.15, -0.1) is 0 Å². The zero-order valence-corrected chi connectivity index (χ0v) is 15.3. The molecule has 0 bridgehead atoms. The fourth-order valence-corrected chi connectivity index (χ4v) is 3.21. The van der Waals surface area contributed by atoms with E-state index in [-0.39, 0.29) is 5.82 Å². The number of benzene rings is 1. The van der Waals surface area contributed by atoms with Crippen molar-refractivity contribution in [3.05, 3.63) is 30.2 Å². The molecule has 4 N–H and O–H groups in total. The average Bonchev–Trinajstić information content (AvgIpc) is 3.31.